The van der Waals surface area contributed by atoms with Gasteiger partial charge in [-0.2, -0.15) is 0 Å². The fourth-order valence-corrected chi connectivity index (χ4v) is 2.88. The first-order valence-electron chi connectivity index (χ1n) is 6.48. The molecular weight excluding hydrogens is 282 g/mol. The average molecular weight is 299 g/mol. The highest BCUT2D eigenvalue weighted by Crippen LogP contribution is 2.24. The highest BCUT2D eigenvalue weighted by molar-refractivity contribution is 7.07. The van der Waals surface area contributed by atoms with E-state index >= 15 is 0 Å². The molecule has 0 aliphatic heterocycles. The minimum atomic E-state index is -0.755. The molecule has 2 rings (SSSR count). The van der Waals surface area contributed by atoms with Crippen molar-refractivity contribution >= 4 is 23.3 Å². The molecule has 1 saturated carbocycles. The van der Waals surface area contributed by atoms with Gasteiger partial charge < -0.3 is 20.7 Å². The Morgan fingerprint density at radius 2 is 2.05 bits per heavy atom. The van der Waals surface area contributed by atoms with Crippen molar-refractivity contribution in [2.75, 3.05) is 0 Å². The van der Waals surface area contributed by atoms with Crippen LogP contribution in [0.2, 0.25) is 0 Å². The number of carbonyl (C=O) groups excluding carboxylic acids is 1. The number of amides is 2. The number of rotatable bonds is 4. The first kappa shape index (κ1) is 14.6. The molecule has 1 aliphatic rings. The number of nitrogens with one attached hydrogen (secondary N) is 3. The van der Waals surface area contributed by atoms with Gasteiger partial charge in [-0.25, -0.2) is 4.79 Å². The first-order chi connectivity index (χ1) is 9.54. The van der Waals surface area contributed by atoms with Crippen molar-refractivity contribution in [1.29, 1.82) is 0 Å². The predicted molar refractivity (Wildman–Crippen MR) is 73.7 cm³/mol. The zero-order valence-electron chi connectivity index (χ0n) is 10.8. The number of urea groups is 1. The zero-order valence-corrected chi connectivity index (χ0v) is 11.7. The van der Waals surface area contributed by atoms with Gasteiger partial charge in [-0.1, -0.05) is 11.3 Å². The van der Waals surface area contributed by atoms with Gasteiger partial charge in [0.25, 0.3) is 0 Å². The molecule has 0 radical (unpaired) electrons. The number of H-pyrrole nitrogens is 1. The Kier molecular flexibility index (Phi) is 4.78. The quantitative estimate of drug-likeness (QED) is 0.661. The molecule has 1 fully saturated rings. The van der Waals surface area contributed by atoms with Crippen LogP contribution in [0.5, 0.6) is 0 Å². The van der Waals surface area contributed by atoms with E-state index in [1.54, 1.807) is 5.38 Å². The summed E-state index contributed by atoms with van der Waals surface area (Å²) in [5.41, 5.74) is 0.671. The summed E-state index contributed by atoms with van der Waals surface area (Å²) in [5, 5.41) is 16.0. The number of hydrogen-bond acceptors (Lipinski definition) is 4. The molecule has 7 nitrogen and oxygen atoms in total. The van der Waals surface area contributed by atoms with Gasteiger partial charge in [0.1, 0.15) is 0 Å². The van der Waals surface area contributed by atoms with Crippen LogP contribution in [0.3, 0.4) is 0 Å². The lowest BCUT2D eigenvalue weighted by Crippen LogP contribution is -2.44. The third-order valence-electron chi connectivity index (χ3n) is 3.42. The van der Waals surface area contributed by atoms with E-state index in [0.717, 1.165) is 11.3 Å². The number of hydrogen-bond donors (Lipinski definition) is 4. The van der Waals surface area contributed by atoms with Crippen molar-refractivity contribution in [2.45, 2.75) is 38.3 Å². The van der Waals surface area contributed by atoms with Gasteiger partial charge in [0, 0.05) is 17.1 Å². The summed E-state index contributed by atoms with van der Waals surface area (Å²) in [6, 6.07) is -0.275. The number of carboxylic acid groups (broad SMARTS) is 1. The normalized spacial score (nSPS) is 22.2. The Morgan fingerprint density at radius 3 is 2.60 bits per heavy atom. The van der Waals surface area contributed by atoms with Crippen molar-refractivity contribution in [3.05, 3.63) is 20.7 Å². The van der Waals surface area contributed by atoms with Crippen molar-refractivity contribution in [3.8, 4) is 0 Å². The molecule has 0 spiro atoms. The second-order valence-corrected chi connectivity index (χ2v) is 5.73. The van der Waals surface area contributed by atoms with Crippen LogP contribution in [0.4, 0.5) is 4.79 Å². The first-order valence-corrected chi connectivity index (χ1v) is 7.36. The Morgan fingerprint density at radius 1 is 1.35 bits per heavy atom. The fraction of sp³-hybridized carbons (Fsp3) is 0.583. The third kappa shape index (κ3) is 4.09. The summed E-state index contributed by atoms with van der Waals surface area (Å²) >= 11 is 1.06. The number of aliphatic carboxylic acids is 1. The zero-order chi connectivity index (χ0) is 14.5. The average Bonchev–Trinajstić information content (AvgIpc) is 2.83. The second kappa shape index (κ2) is 6.56. The third-order valence-corrected chi connectivity index (χ3v) is 4.14. The van der Waals surface area contributed by atoms with Crippen LogP contribution in [0.1, 0.15) is 31.4 Å². The molecule has 0 bridgehead atoms. The molecule has 1 aromatic rings. The SMILES string of the molecule is O=C(NCc1csc(=O)[nH]1)NC1CCC(C(=O)O)CC1. The molecule has 20 heavy (non-hydrogen) atoms. The van der Waals surface area contributed by atoms with Gasteiger partial charge in [-0.3, -0.25) is 9.59 Å². The number of aromatic nitrogens is 1. The van der Waals surface area contributed by atoms with Crippen LogP contribution in [-0.4, -0.2) is 28.1 Å². The number of carbonyl (C=O) groups is 2. The molecule has 0 unspecified atom stereocenters. The standard InChI is InChI=1S/C12H17N3O4S/c16-10(17)7-1-3-8(4-2-7)14-11(18)13-5-9-6-20-12(19)15-9/h6-8H,1-5H2,(H,15,19)(H,16,17)(H2,13,14,18). The van der Waals surface area contributed by atoms with Gasteiger partial charge in [0.05, 0.1) is 12.5 Å². The lowest BCUT2D eigenvalue weighted by molar-refractivity contribution is -0.142. The Hall–Kier alpha value is -1.83. The molecule has 0 saturated heterocycles. The molecule has 0 aromatic carbocycles. The summed E-state index contributed by atoms with van der Waals surface area (Å²) in [4.78, 5) is 35.9. The monoisotopic (exact) mass is 299 g/mol. The van der Waals surface area contributed by atoms with E-state index in [1.807, 2.05) is 0 Å². The summed E-state index contributed by atoms with van der Waals surface area (Å²) in [5.74, 6) is -1.04. The minimum absolute atomic E-state index is 0.0205. The van der Waals surface area contributed by atoms with Crippen LogP contribution < -0.4 is 15.5 Å². The van der Waals surface area contributed by atoms with Gasteiger partial charge in [0.15, 0.2) is 0 Å². The molecule has 4 N–H and O–H groups in total. The van der Waals surface area contributed by atoms with Crippen LogP contribution in [0, 0.1) is 5.92 Å². The van der Waals surface area contributed by atoms with Crippen LogP contribution in [0.15, 0.2) is 10.2 Å². The summed E-state index contributed by atoms with van der Waals surface area (Å²) in [7, 11) is 0. The molecule has 1 aliphatic carbocycles. The van der Waals surface area contributed by atoms with Crippen molar-refractivity contribution in [2.24, 2.45) is 5.92 Å². The molecule has 8 heteroatoms. The number of thiazole rings is 1. The van der Waals surface area contributed by atoms with Gasteiger partial charge in [-0.05, 0) is 25.7 Å². The highest BCUT2D eigenvalue weighted by Gasteiger charge is 2.26. The maximum absolute atomic E-state index is 11.7. The van der Waals surface area contributed by atoms with E-state index in [9.17, 15) is 14.4 Å². The van der Waals surface area contributed by atoms with E-state index < -0.39 is 5.97 Å². The summed E-state index contributed by atoms with van der Waals surface area (Å²) < 4.78 is 0. The van der Waals surface area contributed by atoms with Gasteiger partial charge in [0.2, 0.25) is 0 Å². The van der Waals surface area contributed by atoms with Crippen molar-refractivity contribution < 1.29 is 14.7 Å². The Balaban J connectivity index is 1.70. The number of aromatic amines is 1. The van der Waals surface area contributed by atoms with Gasteiger partial charge in [-0.15, -0.1) is 0 Å². The van der Waals surface area contributed by atoms with E-state index in [2.05, 4.69) is 15.6 Å². The molecule has 110 valence electrons. The topological polar surface area (TPSA) is 111 Å². The summed E-state index contributed by atoms with van der Waals surface area (Å²) in [6.07, 6.45) is 2.55. The lowest BCUT2D eigenvalue weighted by atomic mass is 9.86. The number of carboxylic acids is 1. The van der Waals surface area contributed by atoms with Crippen molar-refractivity contribution in [1.82, 2.24) is 15.6 Å². The molecule has 1 heterocycles. The smallest absolute Gasteiger partial charge is 0.315 e. The van der Waals surface area contributed by atoms with E-state index in [-0.39, 0.29) is 29.4 Å². The lowest BCUT2D eigenvalue weighted by Gasteiger charge is -2.26. The maximum atomic E-state index is 11.7. The second-order valence-electron chi connectivity index (χ2n) is 4.89. The van der Waals surface area contributed by atoms with E-state index in [1.165, 1.54) is 0 Å². The van der Waals surface area contributed by atoms with Crippen LogP contribution in [0.25, 0.3) is 0 Å². The van der Waals surface area contributed by atoms with E-state index in [4.69, 9.17) is 5.11 Å². The van der Waals surface area contributed by atoms with E-state index in [0.29, 0.717) is 31.4 Å². The molecule has 0 atom stereocenters. The largest absolute Gasteiger partial charge is 0.481 e. The molecule has 2 amide bonds. The molecular formula is C12H17N3O4S. The maximum Gasteiger partial charge on any atom is 0.315 e. The van der Waals surface area contributed by atoms with Crippen LogP contribution >= 0.6 is 11.3 Å². The van der Waals surface area contributed by atoms with Crippen molar-refractivity contribution in [3.63, 3.8) is 0 Å². The van der Waals surface area contributed by atoms with Gasteiger partial charge >= 0.3 is 16.9 Å². The Labute approximate surface area is 119 Å². The fourth-order valence-electron chi connectivity index (χ4n) is 2.30. The minimum Gasteiger partial charge on any atom is -0.481 e. The molecule has 1 aromatic heterocycles. The Bertz CT molecular complexity index is 531. The highest BCUT2D eigenvalue weighted by atomic mass is 32.1. The predicted octanol–water partition coefficient (Wildman–Crippen LogP) is 0.879. The summed E-state index contributed by atoms with van der Waals surface area (Å²) in [6.45, 7) is 0.273. The van der Waals surface area contributed by atoms with Crippen LogP contribution in [-0.2, 0) is 11.3 Å².